The van der Waals surface area contributed by atoms with Gasteiger partial charge in [-0.05, 0) is 23.3 Å². The number of hydrogen-bond donors (Lipinski definition) is 0. The van der Waals surface area contributed by atoms with Crippen molar-refractivity contribution in [1.82, 2.24) is 24.6 Å². The number of ether oxygens (including phenoxy) is 2. The normalized spacial score (nSPS) is 11.9. The number of fused-ring (bicyclic) bond motifs is 2. The van der Waals surface area contributed by atoms with Gasteiger partial charge in [-0.1, -0.05) is 29.5 Å². The van der Waals surface area contributed by atoms with Crippen molar-refractivity contribution in [3.05, 3.63) is 78.0 Å². The van der Waals surface area contributed by atoms with Crippen LogP contribution in [-0.4, -0.2) is 31.7 Å². The number of alkyl halides is 2. The van der Waals surface area contributed by atoms with Gasteiger partial charge in [-0.3, -0.25) is 0 Å². The maximum Gasteiger partial charge on any atom is 0.298 e. The van der Waals surface area contributed by atoms with Gasteiger partial charge in [-0.2, -0.15) is 18.4 Å². The van der Waals surface area contributed by atoms with Gasteiger partial charge in [0.2, 0.25) is 4.96 Å². The monoisotopic (exact) mass is 519 g/mol. The second kappa shape index (κ2) is 8.93. The van der Waals surface area contributed by atoms with Crippen molar-refractivity contribution in [2.75, 3.05) is 7.11 Å². The van der Waals surface area contributed by atoms with Gasteiger partial charge >= 0.3 is 0 Å². The first-order chi connectivity index (χ1) is 17.9. The molecule has 0 aliphatic heterocycles. The van der Waals surface area contributed by atoms with Gasteiger partial charge in [0.25, 0.3) is 5.92 Å². The first-order valence-corrected chi connectivity index (χ1v) is 12.0. The van der Waals surface area contributed by atoms with Gasteiger partial charge in [0.15, 0.2) is 10.8 Å². The lowest BCUT2D eigenvalue weighted by Gasteiger charge is -2.10. The Labute approximate surface area is 213 Å². The number of aromatic nitrogens is 5. The van der Waals surface area contributed by atoms with Crippen LogP contribution in [0.25, 0.3) is 38.5 Å². The first-order valence-electron chi connectivity index (χ1n) is 11.2. The molecule has 0 bridgehead atoms. The van der Waals surface area contributed by atoms with Crippen molar-refractivity contribution in [2.45, 2.75) is 19.5 Å². The molecule has 186 valence electrons. The van der Waals surface area contributed by atoms with Crippen molar-refractivity contribution in [1.29, 1.82) is 0 Å². The van der Waals surface area contributed by atoms with Crippen LogP contribution >= 0.6 is 11.3 Å². The largest absolute Gasteiger partial charge is 0.496 e. The Morgan fingerprint density at radius 1 is 1.05 bits per heavy atom. The number of benzene rings is 2. The van der Waals surface area contributed by atoms with Crippen LogP contribution in [0.15, 0.2) is 71.8 Å². The van der Waals surface area contributed by atoms with Crippen LogP contribution in [0.3, 0.4) is 0 Å². The Kier molecular flexibility index (Phi) is 5.56. The van der Waals surface area contributed by atoms with Crippen molar-refractivity contribution in [3.8, 4) is 34.1 Å². The van der Waals surface area contributed by atoms with Gasteiger partial charge in [-0.15, -0.1) is 0 Å². The van der Waals surface area contributed by atoms with Crippen LogP contribution in [0.4, 0.5) is 8.78 Å². The summed E-state index contributed by atoms with van der Waals surface area (Å²) in [5, 5.41) is 4.44. The minimum absolute atomic E-state index is 0.294. The summed E-state index contributed by atoms with van der Waals surface area (Å²) >= 11 is 0.838. The zero-order valence-corrected chi connectivity index (χ0v) is 20.5. The lowest BCUT2D eigenvalue weighted by atomic mass is 10.1. The van der Waals surface area contributed by atoms with Crippen LogP contribution in [0, 0.1) is 0 Å². The molecule has 0 amide bonds. The van der Waals surface area contributed by atoms with E-state index in [1.807, 2.05) is 24.3 Å². The maximum absolute atomic E-state index is 13.8. The quantitative estimate of drug-likeness (QED) is 0.243. The second-order valence-electron chi connectivity index (χ2n) is 8.40. The Hall–Kier alpha value is -4.38. The molecule has 0 unspecified atom stereocenters. The molecule has 6 rings (SSSR count). The number of nitrogens with zero attached hydrogens (tertiary/aromatic N) is 5. The van der Waals surface area contributed by atoms with Crippen LogP contribution in [-0.2, 0) is 12.5 Å². The smallest absolute Gasteiger partial charge is 0.298 e. The summed E-state index contributed by atoms with van der Waals surface area (Å²) in [5.41, 5.74) is 3.82. The molecule has 0 atom stereocenters. The molecule has 0 N–H and O–H groups in total. The summed E-state index contributed by atoms with van der Waals surface area (Å²) in [6, 6.07) is 13.2. The number of methoxy groups -OCH3 is 1. The SMILES string of the molecule is COc1cc(OCc2cccc(-c3cncnc3)c2)c2cc(-c3cnc4sc(C(C)(F)F)nn34)oc2c1. The number of rotatable bonds is 7. The second-order valence-corrected chi connectivity index (χ2v) is 9.35. The van der Waals surface area contributed by atoms with Crippen LogP contribution in [0.1, 0.15) is 17.5 Å². The molecule has 0 radical (unpaired) electrons. The molecule has 0 fully saturated rings. The molecule has 0 saturated heterocycles. The van der Waals surface area contributed by atoms with Crippen LogP contribution in [0.2, 0.25) is 0 Å². The summed E-state index contributed by atoms with van der Waals surface area (Å²) in [4.78, 5) is 12.7. The summed E-state index contributed by atoms with van der Waals surface area (Å²) in [7, 11) is 1.56. The summed E-state index contributed by atoms with van der Waals surface area (Å²) in [6.07, 6.45) is 6.55. The summed E-state index contributed by atoms with van der Waals surface area (Å²) < 4.78 is 46.7. The fraction of sp³-hybridized carbons (Fsp3) is 0.154. The topological polar surface area (TPSA) is 87.6 Å². The molecule has 0 saturated carbocycles. The number of hydrogen-bond acceptors (Lipinski definition) is 8. The fourth-order valence-corrected chi connectivity index (χ4v) is 4.74. The van der Waals surface area contributed by atoms with Gasteiger partial charge in [0, 0.05) is 37.0 Å². The third kappa shape index (κ3) is 4.38. The van der Waals surface area contributed by atoms with Crippen molar-refractivity contribution >= 4 is 27.3 Å². The minimum atomic E-state index is -3.06. The highest BCUT2D eigenvalue weighted by Gasteiger charge is 2.30. The van der Waals surface area contributed by atoms with Crippen LogP contribution < -0.4 is 9.47 Å². The summed E-state index contributed by atoms with van der Waals surface area (Å²) in [5.74, 6) is -1.53. The van der Waals surface area contributed by atoms with E-state index >= 15 is 0 Å². The van der Waals surface area contributed by atoms with E-state index in [4.69, 9.17) is 13.9 Å². The van der Waals surface area contributed by atoms with Gasteiger partial charge in [0.05, 0.1) is 18.7 Å². The predicted molar refractivity (Wildman–Crippen MR) is 134 cm³/mol. The van der Waals surface area contributed by atoms with E-state index in [1.165, 1.54) is 10.8 Å². The average molecular weight is 520 g/mol. The highest BCUT2D eigenvalue weighted by Crippen LogP contribution is 2.38. The minimum Gasteiger partial charge on any atom is -0.496 e. The number of halogens is 2. The van der Waals surface area contributed by atoms with E-state index < -0.39 is 5.92 Å². The van der Waals surface area contributed by atoms with Gasteiger partial charge in [-0.25, -0.2) is 15.0 Å². The lowest BCUT2D eigenvalue weighted by Crippen LogP contribution is -2.07. The van der Waals surface area contributed by atoms with Gasteiger partial charge in [0.1, 0.15) is 35.7 Å². The first kappa shape index (κ1) is 23.0. The molecule has 0 spiro atoms. The molecule has 37 heavy (non-hydrogen) atoms. The van der Waals surface area contributed by atoms with E-state index in [0.717, 1.165) is 35.0 Å². The number of furan rings is 1. The Morgan fingerprint density at radius 2 is 1.89 bits per heavy atom. The Morgan fingerprint density at radius 3 is 2.68 bits per heavy atom. The molecule has 4 aromatic heterocycles. The molecule has 11 heteroatoms. The molecule has 0 aliphatic rings. The highest BCUT2D eigenvalue weighted by atomic mass is 32.1. The average Bonchev–Trinajstić information content (AvgIpc) is 3.62. The zero-order chi connectivity index (χ0) is 25.6. The van der Waals surface area contributed by atoms with E-state index in [-0.39, 0.29) is 5.01 Å². The third-order valence-electron chi connectivity index (χ3n) is 5.74. The van der Waals surface area contributed by atoms with Crippen molar-refractivity contribution in [3.63, 3.8) is 0 Å². The molecule has 6 aromatic rings. The van der Waals surface area contributed by atoms with Crippen molar-refractivity contribution in [2.24, 2.45) is 0 Å². The highest BCUT2D eigenvalue weighted by molar-refractivity contribution is 7.16. The standard InChI is InChI=1S/C26H19F2N5O3S/c1-26(27,28)24-32-33-20(12-31-25(33)37-24)23-9-19-21(7-18(34-2)8-22(19)36-23)35-13-15-4-3-5-16(6-15)17-10-29-14-30-11-17/h3-12,14H,13H2,1-2H3. The van der Waals surface area contributed by atoms with E-state index in [0.29, 0.717) is 45.5 Å². The predicted octanol–water partition coefficient (Wildman–Crippen LogP) is 6.36. The van der Waals surface area contributed by atoms with Crippen LogP contribution in [0.5, 0.6) is 11.5 Å². The molecular weight excluding hydrogens is 500 g/mol. The Bertz CT molecular complexity index is 1720. The van der Waals surface area contributed by atoms with E-state index in [2.05, 4.69) is 20.1 Å². The molecular formula is C26H19F2N5O3S. The fourth-order valence-electron chi connectivity index (χ4n) is 3.93. The lowest BCUT2D eigenvalue weighted by molar-refractivity contribution is 0.0163. The van der Waals surface area contributed by atoms with Crippen molar-refractivity contribution < 1.29 is 22.7 Å². The third-order valence-corrected chi connectivity index (χ3v) is 6.83. The maximum atomic E-state index is 13.8. The number of imidazole rings is 1. The van der Waals surface area contributed by atoms with E-state index in [1.54, 1.807) is 43.9 Å². The summed E-state index contributed by atoms with van der Waals surface area (Å²) in [6.45, 7) is 1.10. The molecule has 4 heterocycles. The van der Waals surface area contributed by atoms with E-state index in [9.17, 15) is 8.78 Å². The zero-order valence-electron chi connectivity index (χ0n) is 19.7. The molecule has 8 nitrogen and oxygen atoms in total. The molecule has 0 aliphatic carbocycles. The van der Waals surface area contributed by atoms with Gasteiger partial charge < -0.3 is 13.9 Å². The Balaban J connectivity index is 1.34. The molecule has 2 aromatic carbocycles.